The van der Waals surface area contributed by atoms with Gasteiger partial charge in [0.2, 0.25) is 5.52 Å². The Morgan fingerprint density at radius 3 is 2.18 bits per heavy atom. The number of hydrogen-bond donors (Lipinski definition) is 0. The third kappa shape index (κ3) is 2.33. The first-order valence-corrected chi connectivity index (χ1v) is 8.32. The van der Waals surface area contributed by atoms with Crippen molar-refractivity contribution in [1.82, 2.24) is 0 Å². The van der Waals surface area contributed by atoms with E-state index in [0.717, 1.165) is 16.5 Å². The Morgan fingerprint density at radius 1 is 0.864 bits per heavy atom. The van der Waals surface area contributed by atoms with E-state index < -0.39 is 9.84 Å². The number of fused-ring (bicyclic) bond motifs is 1. The Bertz CT molecular complexity index is 961. The monoisotopic (exact) mass is 313 g/mol. The summed E-state index contributed by atoms with van der Waals surface area (Å²) in [5, 5.41) is 12.9. The highest BCUT2D eigenvalue weighted by atomic mass is 32.2. The second kappa shape index (κ2) is 5.10. The molecule has 4 nitrogen and oxygen atoms in total. The number of nitrogens with zero attached hydrogens (tertiary/aromatic N) is 1. The fourth-order valence-electron chi connectivity index (χ4n) is 2.38. The molecule has 0 N–H and O–H groups in total. The van der Waals surface area contributed by atoms with Crippen molar-refractivity contribution in [3.63, 3.8) is 0 Å². The van der Waals surface area contributed by atoms with E-state index in [2.05, 4.69) is 0 Å². The average molecular weight is 313 g/mol. The summed E-state index contributed by atoms with van der Waals surface area (Å²) in [5.41, 5.74) is 2.32. The summed E-state index contributed by atoms with van der Waals surface area (Å²) in [5.74, 6) is 0. The van der Waals surface area contributed by atoms with Crippen LogP contribution in [-0.2, 0) is 9.84 Å². The van der Waals surface area contributed by atoms with Gasteiger partial charge in [0.1, 0.15) is 0 Å². The van der Waals surface area contributed by atoms with E-state index in [1.165, 1.54) is 18.2 Å². The number of hydrogen-bond acceptors (Lipinski definition) is 3. The van der Waals surface area contributed by atoms with E-state index in [1.807, 2.05) is 19.9 Å². The van der Waals surface area contributed by atoms with Crippen LogP contribution in [0.5, 0.6) is 0 Å². The minimum Gasteiger partial charge on any atom is -0.617 e. The Kier molecular flexibility index (Phi) is 3.37. The van der Waals surface area contributed by atoms with E-state index in [-0.39, 0.29) is 9.92 Å². The van der Waals surface area contributed by atoms with Gasteiger partial charge in [-0.1, -0.05) is 29.3 Å². The largest absolute Gasteiger partial charge is 0.617 e. The number of pyridine rings is 1. The summed E-state index contributed by atoms with van der Waals surface area (Å²) in [6.45, 7) is 3.80. The average Bonchev–Trinajstić information content (AvgIpc) is 2.47. The molecule has 5 heteroatoms. The molecule has 112 valence electrons. The third-order valence-electron chi connectivity index (χ3n) is 3.61. The van der Waals surface area contributed by atoms with Crippen molar-refractivity contribution < 1.29 is 13.1 Å². The molecule has 0 amide bonds. The summed E-state index contributed by atoms with van der Waals surface area (Å²) >= 11 is 0. The van der Waals surface area contributed by atoms with Gasteiger partial charge in [0.05, 0.1) is 4.90 Å². The van der Waals surface area contributed by atoms with Crippen LogP contribution in [0.25, 0.3) is 10.9 Å². The predicted octanol–water partition coefficient (Wildman–Crippen LogP) is 2.92. The molecule has 0 unspecified atom stereocenters. The molecule has 0 aliphatic heterocycles. The van der Waals surface area contributed by atoms with Crippen LogP contribution in [0.1, 0.15) is 11.1 Å². The first-order chi connectivity index (χ1) is 10.4. The van der Waals surface area contributed by atoms with E-state index >= 15 is 0 Å². The summed E-state index contributed by atoms with van der Waals surface area (Å²) in [6, 6.07) is 14.8. The van der Waals surface area contributed by atoms with Crippen molar-refractivity contribution in [2.75, 3.05) is 0 Å². The standard InChI is InChI=1S/C17H15NO3S/c1-12-3-7-15(8-4-12)22(20,21)17-10-6-14-11-13(2)5-9-16(14)18(17)19/h3-11H,1-2H3. The van der Waals surface area contributed by atoms with E-state index in [0.29, 0.717) is 10.2 Å². The van der Waals surface area contributed by atoms with Gasteiger partial charge in [-0.3, -0.25) is 0 Å². The zero-order valence-electron chi connectivity index (χ0n) is 12.3. The van der Waals surface area contributed by atoms with Gasteiger partial charge >= 0.3 is 5.03 Å². The highest BCUT2D eigenvalue weighted by Crippen LogP contribution is 2.21. The van der Waals surface area contributed by atoms with Gasteiger partial charge in [0.15, 0.2) is 0 Å². The number of aromatic nitrogens is 1. The lowest BCUT2D eigenvalue weighted by molar-refractivity contribution is -0.619. The Morgan fingerprint density at radius 2 is 1.50 bits per heavy atom. The molecule has 1 aromatic heterocycles. The van der Waals surface area contributed by atoms with Crippen LogP contribution in [0.4, 0.5) is 0 Å². The van der Waals surface area contributed by atoms with Gasteiger partial charge in [-0.05, 0) is 38.1 Å². The fraction of sp³-hybridized carbons (Fsp3) is 0.118. The molecule has 0 saturated heterocycles. The molecule has 3 aromatic rings. The predicted molar refractivity (Wildman–Crippen MR) is 84.3 cm³/mol. The number of benzene rings is 2. The maximum atomic E-state index is 12.7. The van der Waals surface area contributed by atoms with E-state index in [1.54, 1.807) is 30.3 Å². The van der Waals surface area contributed by atoms with Crippen LogP contribution in [0, 0.1) is 19.1 Å². The van der Waals surface area contributed by atoms with Crippen molar-refractivity contribution in [1.29, 1.82) is 0 Å². The maximum absolute atomic E-state index is 12.7. The summed E-state index contributed by atoms with van der Waals surface area (Å²) in [4.78, 5) is 0.120. The van der Waals surface area contributed by atoms with Gasteiger partial charge in [0, 0.05) is 17.5 Å². The summed E-state index contributed by atoms with van der Waals surface area (Å²) < 4.78 is 25.8. The van der Waals surface area contributed by atoms with Crippen molar-refractivity contribution in [2.24, 2.45) is 0 Å². The molecule has 22 heavy (non-hydrogen) atoms. The highest BCUT2D eigenvalue weighted by molar-refractivity contribution is 7.91. The number of sulfone groups is 1. The summed E-state index contributed by atoms with van der Waals surface area (Å²) in [6.07, 6.45) is 0. The molecule has 0 radical (unpaired) electrons. The number of rotatable bonds is 2. The molecule has 0 aliphatic carbocycles. The molecular formula is C17H15NO3S. The SMILES string of the molecule is Cc1ccc(S(=O)(=O)c2ccc3cc(C)ccc3[n+]2[O-])cc1. The van der Waals surface area contributed by atoms with E-state index in [4.69, 9.17) is 0 Å². The molecule has 0 saturated carbocycles. The Hall–Kier alpha value is -2.40. The Labute approximate surface area is 129 Å². The molecule has 0 aliphatic rings. The van der Waals surface area contributed by atoms with Crippen LogP contribution in [0.3, 0.4) is 0 Å². The van der Waals surface area contributed by atoms with Crippen LogP contribution >= 0.6 is 0 Å². The van der Waals surface area contributed by atoms with E-state index in [9.17, 15) is 13.6 Å². The highest BCUT2D eigenvalue weighted by Gasteiger charge is 2.27. The fourth-order valence-corrected chi connectivity index (χ4v) is 3.68. The van der Waals surface area contributed by atoms with Crippen molar-refractivity contribution in [3.05, 3.63) is 70.9 Å². The van der Waals surface area contributed by atoms with Crippen molar-refractivity contribution in [2.45, 2.75) is 23.8 Å². The zero-order valence-corrected chi connectivity index (χ0v) is 13.1. The molecule has 1 heterocycles. The molecule has 2 aromatic carbocycles. The molecule has 3 rings (SSSR count). The lowest BCUT2D eigenvalue weighted by Crippen LogP contribution is -2.34. The molecule has 0 bridgehead atoms. The quantitative estimate of drug-likeness (QED) is 0.540. The molecule has 0 fully saturated rings. The van der Waals surface area contributed by atoms with Crippen LogP contribution < -0.4 is 4.73 Å². The van der Waals surface area contributed by atoms with Crippen molar-refractivity contribution in [3.8, 4) is 0 Å². The minimum absolute atomic E-state index is 0.120. The topological polar surface area (TPSA) is 61.1 Å². The second-order valence-corrected chi connectivity index (χ2v) is 7.24. The van der Waals surface area contributed by atoms with Gasteiger partial charge < -0.3 is 5.21 Å². The van der Waals surface area contributed by atoms with Crippen molar-refractivity contribution >= 4 is 20.7 Å². The lowest BCUT2D eigenvalue weighted by atomic mass is 10.1. The number of aryl methyl sites for hydroxylation is 2. The molecule has 0 atom stereocenters. The van der Waals surface area contributed by atoms with Crippen LogP contribution in [0.2, 0.25) is 0 Å². The summed E-state index contributed by atoms with van der Waals surface area (Å²) in [7, 11) is -3.84. The lowest BCUT2D eigenvalue weighted by Gasteiger charge is -2.09. The minimum atomic E-state index is -3.84. The molecular weight excluding hydrogens is 298 g/mol. The third-order valence-corrected chi connectivity index (χ3v) is 5.36. The maximum Gasteiger partial charge on any atom is 0.313 e. The van der Waals surface area contributed by atoms with Crippen LogP contribution in [0.15, 0.2) is 64.5 Å². The van der Waals surface area contributed by atoms with Gasteiger partial charge in [-0.25, -0.2) is 8.42 Å². The van der Waals surface area contributed by atoms with Crippen LogP contribution in [-0.4, -0.2) is 8.42 Å². The first-order valence-electron chi connectivity index (χ1n) is 6.84. The van der Waals surface area contributed by atoms with Gasteiger partial charge in [-0.2, -0.15) is 4.73 Å². The normalized spacial score (nSPS) is 11.7. The van der Waals surface area contributed by atoms with Gasteiger partial charge in [0.25, 0.3) is 9.84 Å². The first kappa shape index (κ1) is 14.5. The smallest absolute Gasteiger partial charge is 0.313 e. The van der Waals surface area contributed by atoms with Gasteiger partial charge in [-0.15, -0.1) is 0 Å². The molecule has 0 spiro atoms. The second-order valence-electron chi connectivity index (χ2n) is 5.34. The zero-order chi connectivity index (χ0) is 15.9. The Balaban J connectivity index is 2.23.